The van der Waals surface area contributed by atoms with Gasteiger partial charge in [-0.1, -0.05) is 56.7 Å². The molecule has 0 aliphatic carbocycles. The number of urea groups is 1. The number of fused-ring (bicyclic) bond motifs is 1. The van der Waals surface area contributed by atoms with Crippen molar-refractivity contribution in [3.63, 3.8) is 0 Å². The first-order valence-corrected chi connectivity index (χ1v) is 11.0. The minimum absolute atomic E-state index is 0.00297. The van der Waals surface area contributed by atoms with E-state index in [1.165, 1.54) is 11.1 Å². The van der Waals surface area contributed by atoms with Crippen LogP contribution in [0, 0.1) is 6.92 Å². The lowest BCUT2D eigenvalue weighted by Crippen LogP contribution is -2.51. The van der Waals surface area contributed by atoms with E-state index in [4.69, 9.17) is 9.40 Å². The van der Waals surface area contributed by atoms with Crippen LogP contribution in [0.4, 0.5) is 4.79 Å². The number of nitrogens with zero attached hydrogens (tertiary/aromatic N) is 3. The lowest BCUT2D eigenvalue weighted by atomic mass is 9.87. The van der Waals surface area contributed by atoms with E-state index in [0.29, 0.717) is 26.2 Å². The molecule has 4 rings (SSSR count). The molecule has 2 amide bonds. The van der Waals surface area contributed by atoms with Gasteiger partial charge in [-0.25, -0.2) is 9.78 Å². The van der Waals surface area contributed by atoms with E-state index in [-0.39, 0.29) is 11.4 Å². The minimum atomic E-state index is -0.00297. The largest absolute Gasteiger partial charge is 0.439 e. The van der Waals surface area contributed by atoms with E-state index in [9.17, 15) is 4.79 Å². The van der Waals surface area contributed by atoms with Crippen LogP contribution < -0.4 is 5.32 Å². The number of oxazole rings is 1. The highest BCUT2D eigenvalue weighted by molar-refractivity contribution is 5.74. The number of carbonyl (C=O) groups excluding carboxylic acids is 1. The third kappa shape index (κ3) is 5.25. The third-order valence-electron chi connectivity index (χ3n) is 5.88. The fraction of sp³-hybridized carbons (Fsp3) is 0.440. The van der Waals surface area contributed by atoms with Crippen molar-refractivity contribution in [3.8, 4) is 0 Å². The summed E-state index contributed by atoms with van der Waals surface area (Å²) in [7, 11) is 0. The van der Waals surface area contributed by atoms with Gasteiger partial charge in [-0.3, -0.25) is 4.90 Å². The standard InChI is InChI=1S/C25H32N4O2/c1-18-5-7-19(8-6-18)16-26-24(30)29-13-11-28(12-14-29)17-23-27-21-15-20(25(2,3)4)9-10-22(21)31-23/h5-10,15H,11-14,16-17H2,1-4H3,(H,26,30). The first-order chi connectivity index (χ1) is 14.8. The molecule has 2 heterocycles. The molecule has 0 radical (unpaired) electrons. The summed E-state index contributed by atoms with van der Waals surface area (Å²) < 4.78 is 5.96. The minimum Gasteiger partial charge on any atom is -0.439 e. The number of nitrogens with one attached hydrogen (secondary N) is 1. The van der Waals surface area contributed by atoms with Crippen LogP contribution in [0.5, 0.6) is 0 Å². The van der Waals surface area contributed by atoms with Gasteiger partial charge in [0.15, 0.2) is 5.58 Å². The highest BCUT2D eigenvalue weighted by Gasteiger charge is 2.22. The number of rotatable bonds is 4. The summed E-state index contributed by atoms with van der Waals surface area (Å²) >= 11 is 0. The van der Waals surface area contributed by atoms with E-state index < -0.39 is 0 Å². The van der Waals surface area contributed by atoms with Crippen LogP contribution in [0.25, 0.3) is 11.1 Å². The van der Waals surface area contributed by atoms with Gasteiger partial charge < -0.3 is 14.6 Å². The van der Waals surface area contributed by atoms with Crippen LogP contribution >= 0.6 is 0 Å². The second-order valence-electron chi connectivity index (χ2n) is 9.45. The second kappa shape index (κ2) is 8.71. The van der Waals surface area contributed by atoms with Gasteiger partial charge in [0, 0.05) is 32.7 Å². The monoisotopic (exact) mass is 420 g/mol. The van der Waals surface area contributed by atoms with Crippen molar-refractivity contribution in [2.75, 3.05) is 26.2 Å². The van der Waals surface area contributed by atoms with Gasteiger partial charge in [0.25, 0.3) is 0 Å². The Bertz CT molecular complexity index is 1040. The summed E-state index contributed by atoms with van der Waals surface area (Å²) in [4.78, 5) is 21.4. The maximum atomic E-state index is 12.5. The van der Waals surface area contributed by atoms with Crippen LogP contribution in [0.3, 0.4) is 0 Å². The molecule has 1 aliphatic heterocycles. The van der Waals surface area contributed by atoms with E-state index in [1.807, 2.05) is 11.0 Å². The molecule has 1 aromatic heterocycles. The number of piperazine rings is 1. The predicted octanol–water partition coefficient (Wildman–Crippen LogP) is 4.46. The number of benzene rings is 2. The molecular formula is C25H32N4O2. The predicted molar refractivity (Wildman–Crippen MR) is 123 cm³/mol. The number of carbonyl (C=O) groups is 1. The first-order valence-electron chi connectivity index (χ1n) is 11.0. The third-order valence-corrected chi connectivity index (χ3v) is 5.88. The summed E-state index contributed by atoms with van der Waals surface area (Å²) in [5, 5.41) is 3.03. The molecule has 1 aliphatic rings. The van der Waals surface area contributed by atoms with Crippen molar-refractivity contribution < 1.29 is 9.21 Å². The normalized spacial score (nSPS) is 15.4. The molecule has 1 saturated heterocycles. The Hall–Kier alpha value is -2.86. The van der Waals surface area contributed by atoms with Gasteiger partial charge in [0.2, 0.25) is 5.89 Å². The highest BCUT2D eigenvalue weighted by Crippen LogP contribution is 2.26. The molecule has 164 valence electrons. The molecule has 1 N–H and O–H groups in total. The molecule has 1 fully saturated rings. The Morgan fingerprint density at radius 3 is 2.45 bits per heavy atom. The fourth-order valence-electron chi connectivity index (χ4n) is 3.81. The molecule has 0 bridgehead atoms. The average Bonchev–Trinajstić information content (AvgIpc) is 3.14. The number of aryl methyl sites for hydroxylation is 1. The maximum absolute atomic E-state index is 12.5. The van der Waals surface area contributed by atoms with Gasteiger partial charge in [0.1, 0.15) is 5.52 Å². The number of amides is 2. The van der Waals surface area contributed by atoms with E-state index in [1.54, 1.807) is 0 Å². The highest BCUT2D eigenvalue weighted by atomic mass is 16.3. The fourth-order valence-corrected chi connectivity index (χ4v) is 3.81. The maximum Gasteiger partial charge on any atom is 0.317 e. The van der Waals surface area contributed by atoms with Crippen molar-refractivity contribution >= 4 is 17.1 Å². The van der Waals surface area contributed by atoms with Gasteiger partial charge in [-0.05, 0) is 35.6 Å². The van der Waals surface area contributed by atoms with Crippen molar-refractivity contribution in [2.45, 2.75) is 46.2 Å². The first kappa shape index (κ1) is 21.4. The molecule has 31 heavy (non-hydrogen) atoms. The average molecular weight is 421 g/mol. The van der Waals surface area contributed by atoms with E-state index in [2.05, 4.69) is 74.3 Å². The summed E-state index contributed by atoms with van der Waals surface area (Å²) in [6.45, 7) is 12.9. The molecule has 0 spiro atoms. The zero-order valence-corrected chi connectivity index (χ0v) is 18.9. The molecular weight excluding hydrogens is 388 g/mol. The Labute approximate surface area is 184 Å². The smallest absolute Gasteiger partial charge is 0.317 e. The Kier molecular flexibility index (Phi) is 6.01. The summed E-state index contributed by atoms with van der Waals surface area (Å²) in [6, 6.07) is 14.5. The summed E-state index contributed by atoms with van der Waals surface area (Å²) in [6.07, 6.45) is 0. The van der Waals surface area contributed by atoms with Gasteiger partial charge in [-0.2, -0.15) is 0 Å². The van der Waals surface area contributed by atoms with Crippen LogP contribution in [-0.4, -0.2) is 47.0 Å². The Morgan fingerprint density at radius 2 is 1.77 bits per heavy atom. The lowest BCUT2D eigenvalue weighted by molar-refractivity contribution is 0.129. The van der Waals surface area contributed by atoms with Crippen molar-refractivity contribution in [3.05, 3.63) is 65.0 Å². The molecule has 0 atom stereocenters. The molecule has 6 nitrogen and oxygen atoms in total. The van der Waals surface area contributed by atoms with Crippen molar-refractivity contribution in [1.29, 1.82) is 0 Å². The van der Waals surface area contributed by atoms with Crippen LogP contribution in [0.1, 0.15) is 43.4 Å². The molecule has 6 heteroatoms. The van der Waals surface area contributed by atoms with Crippen molar-refractivity contribution in [1.82, 2.24) is 20.1 Å². The number of aromatic nitrogens is 1. The van der Waals surface area contributed by atoms with Crippen LogP contribution in [0.2, 0.25) is 0 Å². The quantitative estimate of drug-likeness (QED) is 0.677. The Morgan fingerprint density at radius 1 is 1.06 bits per heavy atom. The van der Waals surface area contributed by atoms with Crippen LogP contribution in [-0.2, 0) is 18.5 Å². The molecule has 0 unspecified atom stereocenters. The van der Waals surface area contributed by atoms with Gasteiger partial charge >= 0.3 is 6.03 Å². The molecule has 3 aromatic rings. The summed E-state index contributed by atoms with van der Waals surface area (Å²) in [5.41, 5.74) is 5.42. The lowest BCUT2D eigenvalue weighted by Gasteiger charge is -2.34. The van der Waals surface area contributed by atoms with Gasteiger partial charge in [-0.15, -0.1) is 0 Å². The Balaban J connectivity index is 1.28. The van der Waals surface area contributed by atoms with Gasteiger partial charge in [0.05, 0.1) is 6.54 Å². The zero-order chi connectivity index (χ0) is 22.0. The molecule has 2 aromatic carbocycles. The number of hydrogen-bond donors (Lipinski definition) is 1. The topological polar surface area (TPSA) is 61.6 Å². The second-order valence-corrected chi connectivity index (χ2v) is 9.45. The van der Waals surface area contributed by atoms with Crippen LogP contribution in [0.15, 0.2) is 46.9 Å². The number of hydrogen-bond acceptors (Lipinski definition) is 4. The van der Waals surface area contributed by atoms with Crippen molar-refractivity contribution in [2.24, 2.45) is 0 Å². The van der Waals surface area contributed by atoms with E-state index >= 15 is 0 Å². The summed E-state index contributed by atoms with van der Waals surface area (Å²) in [5.74, 6) is 0.735. The SMILES string of the molecule is Cc1ccc(CNC(=O)N2CCN(Cc3nc4cc(C(C)(C)C)ccc4o3)CC2)cc1. The molecule has 0 saturated carbocycles. The zero-order valence-electron chi connectivity index (χ0n) is 18.9. The van der Waals surface area contributed by atoms with E-state index in [0.717, 1.165) is 35.6 Å².